The van der Waals surface area contributed by atoms with Crippen LogP contribution in [0, 0.1) is 23.5 Å². The molecule has 1 atom stereocenters. The Morgan fingerprint density at radius 3 is 2.54 bits per heavy atom. The van der Waals surface area contributed by atoms with Gasteiger partial charge in [0.15, 0.2) is 5.82 Å². The number of halogens is 2. The van der Waals surface area contributed by atoms with Crippen molar-refractivity contribution in [3.8, 4) is 34.2 Å². The number of aryl methyl sites for hydroxylation is 2. The molecule has 0 spiro atoms. The number of carbonyl (C=O) groups excluding carboxylic acids is 3. The molecular formula is C41H35F2N7O4. The number of nitrogens with zero attached hydrogens (tertiary/aromatic N) is 4. The number of piperidine rings is 1. The van der Waals surface area contributed by atoms with E-state index in [1.165, 1.54) is 0 Å². The molecule has 6 aromatic rings. The van der Waals surface area contributed by atoms with Crippen LogP contribution in [0.2, 0.25) is 0 Å². The van der Waals surface area contributed by atoms with Crippen molar-refractivity contribution in [3.05, 3.63) is 112 Å². The van der Waals surface area contributed by atoms with E-state index >= 15 is 4.39 Å². The summed E-state index contributed by atoms with van der Waals surface area (Å²) in [6.07, 6.45) is 3.62. The van der Waals surface area contributed by atoms with Crippen molar-refractivity contribution in [2.24, 2.45) is 14.1 Å². The molecule has 3 amide bonds. The molecule has 3 aromatic heterocycles. The second-order valence-corrected chi connectivity index (χ2v) is 13.4. The van der Waals surface area contributed by atoms with Crippen LogP contribution in [0.25, 0.3) is 44.2 Å². The minimum atomic E-state index is -0.989. The van der Waals surface area contributed by atoms with E-state index in [1.54, 1.807) is 41.6 Å². The number of imidazole rings is 1. The summed E-state index contributed by atoms with van der Waals surface area (Å²) in [5.41, 5.74) is 5.58. The van der Waals surface area contributed by atoms with Crippen LogP contribution < -0.4 is 21.6 Å². The van der Waals surface area contributed by atoms with Gasteiger partial charge in [-0.25, -0.2) is 13.6 Å². The number of anilines is 1. The van der Waals surface area contributed by atoms with Crippen LogP contribution in [-0.2, 0) is 23.7 Å². The molecule has 1 aliphatic rings. The minimum Gasteiger partial charge on any atom is -0.371 e. The highest BCUT2D eigenvalue weighted by Gasteiger charge is 2.27. The first-order valence-corrected chi connectivity index (χ1v) is 17.3. The minimum absolute atomic E-state index is 0.0755. The molecule has 4 heterocycles. The van der Waals surface area contributed by atoms with E-state index in [0.717, 1.165) is 50.6 Å². The maximum atomic E-state index is 15.1. The van der Waals surface area contributed by atoms with Crippen LogP contribution in [0.4, 0.5) is 14.5 Å². The predicted octanol–water partition coefficient (Wildman–Crippen LogP) is 5.55. The number of benzene rings is 3. The van der Waals surface area contributed by atoms with Crippen molar-refractivity contribution in [2.75, 3.05) is 11.9 Å². The highest BCUT2D eigenvalue weighted by molar-refractivity contribution is 6.02. The molecule has 0 bridgehead atoms. The van der Waals surface area contributed by atoms with E-state index in [9.17, 15) is 23.6 Å². The lowest BCUT2D eigenvalue weighted by Gasteiger charge is -2.23. The van der Waals surface area contributed by atoms with Gasteiger partial charge in [0.05, 0.1) is 34.5 Å². The van der Waals surface area contributed by atoms with Crippen molar-refractivity contribution in [1.82, 2.24) is 29.7 Å². The summed E-state index contributed by atoms with van der Waals surface area (Å²) in [5.74, 6) is 1.73. The molecule has 1 saturated heterocycles. The van der Waals surface area contributed by atoms with E-state index in [4.69, 9.17) is 4.98 Å². The Morgan fingerprint density at radius 1 is 0.981 bits per heavy atom. The van der Waals surface area contributed by atoms with Gasteiger partial charge in [-0.2, -0.15) is 0 Å². The number of carbonyl (C=O) groups is 3. The summed E-state index contributed by atoms with van der Waals surface area (Å²) >= 11 is 0. The number of hydrogen-bond donors (Lipinski definition) is 3. The highest BCUT2D eigenvalue weighted by atomic mass is 19.1. The molecule has 0 aliphatic carbocycles. The van der Waals surface area contributed by atoms with Gasteiger partial charge in [0.2, 0.25) is 11.8 Å². The van der Waals surface area contributed by atoms with E-state index in [0.29, 0.717) is 11.3 Å². The standard InChI is InChI=1S/C41H35F2N7O4/c1-22(2)28-17-25(19-35-38(28)50(4)41(54)49(35)3)26-8-5-7-23-18-34(46-21-29(23)26)24-10-12-32(45-20-24)39(52)44-16-6-9-27-30(42)11-13-31(37(27)43)47-33-14-15-36(51)48-40(33)53/h5,7-8,10-13,17-22,33,47H,14-16H2,1-4H3,(H,44,52)(H,48,51,53). The Balaban J connectivity index is 1.05. The van der Waals surface area contributed by atoms with Gasteiger partial charge in [-0.1, -0.05) is 43.9 Å². The zero-order chi connectivity index (χ0) is 38.3. The SMILES string of the molecule is CC(C)c1cc(-c2cccc3cc(-c4ccc(C(=O)NCC#Cc5c(F)ccc(NC6CCC(=O)NC6=O)c5F)nc4)ncc23)cc2c1n(C)c(=O)n2C. The third kappa shape index (κ3) is 6.69. The van der Waals surface area contributed by atoms with Crippen molar-refractivity contribution < 1.29 is 23.2 Å². The largest absolute Gasteiger partial charge is 0.371 e. The third-order valence-electron chi connectivity index (χ3n) is 9.59. The maximum Gasteiger partial charge on any atom is 0.328 e. The molecule has 3 aromatic carbocycles. The van der Waals surface area contributed by atoms with Crippen LogP contribution in [0.5, 0.6) is 0 Å². The summed E-state index contributed by atoms with van der Waals surface area (Å²) in [5, 5.41) is 9.35. The molecular weight excluding hydrogens is 692 g/mol. The number of hydrogen-bond acceptors (Lipinski definition) is 7. The molecule has 13 heteroatoms. The van der Waals surface area contributed by atoms with Crippen molar-refractivity contribution in [3.63, 3.8) is 0 Å². The second-order valence-electron chi connectivity index (χ2n) is 13.4. The lowest BCUT2D eigenvalue weighted by molar-refractivity contribution is -0.133. The number of nitrogens with one attached hydrogen (secondary N) is 3. The number of fused-ring (bicyclic) bond motifs is 2. The Hall–Kier alpha value is -6.68. The highest BCUT2D eigenvalue weighted by Crippen LogP contribution is 2.35. The average molecular weight is 728 g/mol. The summed E-state index contributed by atoms with van der Waals surface area (Å²) in [6.45, 7) is 4.01. The quantitative estimate of drug-likeness (QED) is 0.145. The molecule has 0 radical (unpaired) electrons. The van der Waals surface area contributed by atoms with Gasteiger partial charge in [0.25, 0.3) is 5.91 Å². The molecule has 272 valence electrons. The smallest absolute Gasteiger partial charge is 0.328 e. The molecule has 1 aliphatic heterocycles. The zero-order valence-corrected chi connectivity index (χ0v) is 29.9. The lowest BCUT2D eigenvalue weighted by Crippen LogP contribution is -2.47. The van der Waals surface area contributed by atoms with Gasteiger partial charge in [0.1, 0.15) is 17.6 Å². The predicted molar refractivity (Wildman–Crippen MR) is 202 cm³/mol. The first-order chi connectivity index (χ1) is 25.9. The van der Waals surface area contributed by atoms with Crippen molar-refractivity contribution >= 4 is 45.2 Å². The van der Waals surface area contributed by atoms with E-state index in [1.807, 2.05) is 36.5 Å². The van der Waals surface area contributed by atoms with Crippen LogP contribution in [0.15, 0.2) is 77.9 Å². The fourth-order valence-corrected chi connectivity index (χ4v) is 6.69. The first-order valence-electron chi connectivity index (χ1n) is 17.3. The van der Waals surface area contributed by atoms with Crippen LogP contribution in [-0.4, -0.2) is 49.4 Å². The van der Waals surface area contributed by atoms with Crippen LogP contribution in [0.1, 0.15) is 54.2 Å². The lowest BCUT2D eigenvalue weighted by atomic mass is 9.93. The molecule has 11 nitrogen and oxygen atoms in total. The van der Waals surface area contributed by atoms with E-state index < -0.39 is 41.0 Å². The number of imide groups is 1. The van der Waals surface area contributed by atoms with Crippen LogP contribution in [0.3, 0.4) is 0 Å². The zero-order valence-electron chi connectivity index (χ0n) is 29.9. The van der Waals surface area contributed by atoms with Crippen molar-refractivity contribution in [2.45, 2.75) is 38.6 Å². The molecule has 3 N–H and O–H groups in total. The van der Waals surface area contributed by atoms with Gasteiger partial charge in [-0.15, -0.1) is 0 Å². The Morgan fingerprint density at radius 2 is 1.80 bits per heavy atom. The third-order valence-corrected chi connectivity index (χ3v) is 9.59. The normalized spacial score (nSPS) is 14.2. The Bertz CT molecular complexity index is 2640. The number of amides is 3. The van der Waals surface area contributed by atoms with Gasteiger partial charge in [-0.3, -0.25) is 38.8 Å². The van der Waals surface area contributed by atoms with E-state index in [-0.39, 0.29) is 42.4 Å². The fraction of sp³-hybridized carbons (Fsp3) is 0.220. The summed E-state index contributed by atoms with van der Waals surface area (Å²) in [6, 6.07) is 16.8. The van der Waals surface area contributed by atoms with Crippen molar-refractivity contribution in [1.29, 1.82) is 0 Å². The van der Waals surface area contributed by atoms with Gasteiger partial charge >= 0.3 is 5.69 Å². The maximum absolute atomic E-state index is 15.1. The summed E-state index contributed by atoms with van der Waals surface area (Å²) in [4.78, 5) is 58.1. The number of aromatic nitrogens is 4. The number of rotatable bonds is 7. The number of pyridine rings is 2. The topological polar surface area (TPSA) is 140 Å². The molecule has 0 saturated carbocycles. The monoisotopic (exact) mass is 727 g/mol. The van der Waals surface area contributed by atoms with Gasteiger partial charge in [0, 0.05) is 43.9 Å². The molecule has 54 heavy (non-hydrogen) atoms. The summed E-state index contributed by atoms with van der Waals surface area (Å²) in [7, 11) is 3.58. The van der Waals surface area contributed by atoms with Crippen LogP contribution >= 0.6 is 0 Å². The second kappa shape index (κ2) is 14.4. The molecule has 7 rings (SSSR count). The first kappa shape index (κ1) is 35.7. The fourth-order valence-electron chi connectivity index (χ4n) is 6.69. The Kier molecular flexibility index (Phi) is 9.51. The van der Waals surface area contributed by atoms with Gasteiger partial charge < -0.3 is 10.6 Å². The Labute approximate surface area is 308 Å². The molecule has 1 unspecified atom stereocenters. The summed E-state index contributed by atoms with van der Waals surface area (Å²) < 4.78 is 32.9. The average Bonchev–Trinajstić information content (AvgIpc) is 3.38. The molecule has 1 fully saturated rings. The van der Waals surface area contributed by atoms with E-state index in [2.05, 4.69) is 52.7 Å². The van der Waals surface area contributed by atoms with Gasteiger partial charge in [-0.05, 0) is 76.9 Å².